The van der Waals surface area contributed by atoms with Gasteiger partial charge in [0.2, 0.25) is 5.91 Å². The molecule has 2 rings (SSSR count). The highest BCUT2D eigenvalue weighted by Gasteiger charge is 2.26. The number of amides is 1. The van der Waals surface area contributed by atoms with E-state index in [0.29, 0.717) is 12.3 Å². The molecule has 1 amide bonds. The molecule has 0 bridgehead atoms. The molecule has 5 nitrogen and oxygen atoms in total. The van der Waals surface area contributed by atoms with Crippen molar-refractivity contribution in [3.63, 3.8) is 0 Å². The number of thioether (sulfide) groups is 1. The molecule has 0 aliphatic rings. The summed E-state index contributed by atoms with van der Waals surface area (Å²) in [6, 6.07) is 7.77. The zero-order chi connectivity index (χ0) is 17.6. The summed E-state index contributed by atoms with van der Waals surface area (Å²) in [5.41, 5.74) is -0.0411. The lowest BCUT2D eigenvalue weighted by Crippen LogP contribution is -2.46. The number of nitrogens with zero attached hydrogens (tertiary/aromatic N) is 2. The number of methoxy groups -OCH3 is 1. The van der Waals surface area contributed by atoms with Gasteiger partial charge in [0.15, 0.2) is 0 Å². The van der Waals surface area contributed by atoms with Crippen LogP contribution in [0.4, 0.5) is 0 Å². The molecule has 1 N–H and O–H groups in total. The van der Waals surface area contributed by atoms with Crippen molar-refractivity contribution in [1.29, 1.82) is 0 Å². The van der Waals surface area contributed by atoms with E-state index in [1.165, 1.54) is 11.8 Å². The summed E-state index contributed by atoms with van der Waals surface area (Å²) in [5.74, 6) is 1.21. The fourth-order valence-corrected chi connectivity index (χ4v) is 2.97. The first-order valence-electron chi connectivity index (χ1n) is 7.90. The highest BCUT2D eigenvalue weighted by atomic mass is 32.2. The van der Waals surface area contributed by atoms with Crippen molar-refractivity contribution in [2.24, 2.45) is 5.41 Å². The first kappa shape index (κ1) is 18.4. The Balaban J connectivity index is 1.92. The molecular formula is C18H25N3O2S. The van der Waals surface area contributed by atoms with Gasteiger partial charge in [-0.15, -0.1) is 11.8 Å². The van der Waals surface area contributed by atoms with Gasteiger partial charge in [0, 0.05) is 23.8 Å². The van der Waals surface area contributed by atoms with E-state index < -0.39 is 0 Å². The Morgan fingerprint density at radius 3 is 2.83 bits per heavy atom. The van der Waals surface area contributed by atoms with Gasteiger partial charge in [0.25, 0.3) is 0 Å². The summed E-state index contributed by atoms with van der Waals surface area (Å²) in [5, 5.41) is 3.15. The number of rotatable bonds is 7. The van der Waals surface area contributed by atoms with Crippen molar-refractivity contribution in [3.8, 4) is 5.75 Å². The number of carbonyl (C=O) groups excluding carboxylic acids is 1. The monoisotopic (exact) mass is 347 g/mol. The smallest absolute Gasteiger partial charge is 0.230 e. The molecule has 0 aliphatic heterocycles. The van der Waals surface area contributed by atoms with Gasteiger partial charge in [-0.25, -0.2) is 4.98 Å². The average molecular weight is 347 g/mol. The summed E-state index contributed by atoms with van der Waals surface area (Å²) >= 11 is 1.51. The predicted octanol–water partition coefficient (Wildman–Crippen LogP) is 3.21. The minimum Gasteiger partial charge on any atom is -0.497 e. The van der Waals surface area contributed by atoms with Gasteiger partial charge in [0.1, 0.15) is 5.75 Å². The highest BCUT2D eigenvalue weighted by Crippen LogP contribution is 2.24. The third-order valence-electron chi connectivity index (χ3n) is 3.74. The molecule has 0 fully saturated rings. The number of carbonyl (C=O) groups is 1. The number of nitrogens with one attached hydrogen (secondary N) is 1. The SMILES string of the molecule is COc1cccc(SCC(=O)NC(Cn2ccnc2)C(C)(C)C)c1. The zero-order valence-corrected chi connectivity index (χ0v) is 15.5. The van der Waals surface area contributed by atoms with Crippen LogP contribution in [-0.4, -0.2) is 34.4 Å². The van der Waals surface area contributed by atoms with Crippen LogP contribution in [0.5, 0.6) is 5.75 Å². The van der Waals surface area contributed by atoms with Crippen molar-refractivity contribution < 1.29 is 9.53 Å². The highest BCUT2D eigenvalue weighted by molar-refractivity contribution is 8.00. The van der Waals surface area contributed by atoms with Gasteiger partial charge in [-0.2, -0.15) is 0 Å². The van der Waals surface area contributed by atoms with Crippen LogP contribution in [0.25, 0.3) is 0 Å². The van der Waals surface area contributed by atoms with Gasteiger partial charge in [-0.05, 0) is 23.6 Å². The van der Waals surface area contributed by atoms with Crippen molar-refractivity contribution >= 4 is 17.7 Å². The fourth-order valence-electron chi connectivity index (χ4n) is 2.22. The van der Waals surface area contributed by atoms with Gasteiger partial charge < -0.3 is 14.6 Å². The zero-order valence-electron chi connectivity index (χ0n) is 14.7. The van der Waals surface area contributed by atoms with Crippen LogP contribution in [0.3, 0.4) is 0 Å². The Bertz CT molecular complexity index is 651. The molecule has 1 heterocycles. The third kappa shape index (κ3) is 5.60. The predicted molar refractivity (Wildman–Crippen MR) is 97.3 cm³/mol. The van der Waals surface area contributed by atoms with E-state index in [1.54, 1.807) is 19.6 Å². The maximum absolute atomic E-state index is 12.4. The van der Waals surface area contributed by atoms with E-state index in [9.17, 15) is 4.79 Å². The average Bonchev–Trinajstić information content (AvgIpc) is 3.05. The molecule has 1 unspecified atom stereocenters. The molecule has 0 radical (unpaired) electrons. The number of hydrogen-bond donors (Lipinski definition) is 1. The first-order valence-corrected chi connectivity index (χ1v) is 8.89. The molecule has 0 saturated heterocycles. The molecule has 1 aromatic heterocycles. The van der Waals surface area contributed by atoms with Crippen LogP contribution in [0.1, 0.15) is 20.8 Å². The van der Waals surface area contributed by atoms with Gasteiger partial charge >= 0.3 is 0 Å². The summed E-state index contributed by atoms with van der Waals surface area (Å²) in [7, 11) is 1.64. The second kappa shape index (κ2) is 8.24. The minimum absolute atomic E-state index is 0.0304. The largest absolute Gasteiger partial charge is 0.497 e. The van der Waals surface area contributed by atoms with Crippen molar-refractivity contribution in [2.75, 3.05) is 12.9 Å². The van der Waals surface area contributed by atoms with E-state index in [1.807, 2.05) is 35.0 Å². The van der Waals surface area contributed by atoms with Crippen molar-refractivity contribution in [1.82, 2.24) is 14.9 Å². The Hall–Kier alpha value is -1.95. The van der Waals surface area contributed by atoms with Gasteiger partial charge in [0.05, 0.1) is 25.2 Å². The van der Waals surface area contributed by atoms with Crippen LogP contribution in [0, 0.1) is 5.41 Å². The summed E-state index contributed by atoms with van der Waals surface area (Å²) < 4.78 is 7.20. The summed E-state index contributed by atoms with van der Waals surface area (Å²) in [6.07, 6.45) is 5.44. The van der Waals surface area contributed by atoms with E-state index in [0.717, 1.165) is 10.6 Å². The van der Waals surface area contributed by atoms with Crippen LogP contribution >= 0.6 is 11.8 Å². The maximum Gasteiger partial charge on any atom is 0.230 e. The summed E-state index contributed by atoms with van der Waals surface area (Å²) in [6.45, 7) is 7.09. The van der Waals surface area contributed by atoms with E-state index in [2.05, 4.69) is 31.1 Å². The topological polar surface area (TPSA) is 56.1 Å². The molecule has 6 heteroatoms. The lowest BCUT2D eigenvalue weighted by atomic mass is 9.86. The lowest BCUT2D eigenvalue weighted by molar-refractivity contribution is -0.120. The second-order valence-electron chi connectivity index (χ2n) is 6.71. The van der Waals surface area contributed by atoms with Crippen LogP contribution < -0.4 is 10.1 Å². The Kier molecular flexibility index (Phi) is 6.31. The summed E-state index contributed by atoms with van der Waals surface area (Å²) in [4.78, 5) is 17.5. The second-order valence-corrected chi connectivity index (χ2v) is 7.76. The lowest BCUT2D eigenvalue weighted by Gasteiger charge is -2.31. The molecule has 2 aromatic rings. The fraction of sp³-hybridized carbons (Fsp3) is 0.444. The normalized spacial score (nSPS) is 12.7. The standard InChI is InChI=1S/C18H25N3O2S/c1-18(2,3)16(11-21-9-8-19-13-21)20-17(22)12-24-15-7-5-6-14(10-15)23-4/h5-10,13,16H,11-12H2,1-4H3,(H,20,22). The Morgan fingerprint density at radius 2 is 2.21 bits per heavy atom. The number of hydrogen-bond acceptors (Lipinski definition) is 4. The molecule has 1 atom stereocenters. The van der Waals surface area contributed by atoms with Gasteiger partial charge in [-0.3, -0.25) is 4.79 Å². The minimum atomic E-state index is -0.0411. The Morgan fingerprint density at radius 1 is 1.42 bits per heavy atom. The maximum atomic E-state index is 12.4. The molecule has 0 spiro atoms. The van der Waals surface area contributed by atoms with E-state index >= 15 is 0 Å². The molecule has 130 valence electrons. The van der Waals surface area contributed by atoms with Crippen LogP contribution in [0.15, 0.2) is 47.9 Å². The molecule has 24 heavy (non-hydrogen) atoms. The van der Waals surface area contributed by atoms with Crippen molar-refractivity contribution in [3.05, 3.63) is 43.0 Å². The third-order valence-corrected chi connectivity index (χ3v) is 4.74. The first-order chi connectivity index (χ1) is 11.4. The molecule has 1 aromatic carbocycles. The van der Waals surface area contributed by atoms with Gasteiger partial charge in [-0.1, -0.05) is 26.8 Å². The Labute approximate surface area is 147 Å². The van der Waals surface area contributed by atoms with Crippen molar-refractivity contribution in [2.45, 2.75) is 38.3 Å². The van der Waals surface area contributed by atoms with E-state index in [-0.39, 0.29) is 17.4 Å². The molecule has 0 aliphatic carbocycles. The van der Waals surface area contributed by atoms with E-state index in [4.69, 9.17) is 4.74 Å². The molecule has 0 saturated carbocycles. The number of ether oxygens (including phenoxy) is 1. The molecular weight excluding hydrogens is 322 g/mol. The number of imidazole rings is 1. The number of benzene rings is 1. The van der Waals surface area contributed by atoms with Crippen LogP contribution in [0.2, 0.25) is 0 Å². The van der Waals surface area contributed by atoms with Crippen LogP contribution in [-0.2, 0) is 11.3 Å². The number of aromatic nitrogens is 2. The quantitative estimate of drug-likeness (QED) is 0.782.